The topological polar surface area (TPSA) is 101 Å². The Morgan fingerprint density at radius 3 is 2.33 bits per heavy atom. The van der Waals surface area contributed by atoms with E-state index in [1.165, 1.54) is 6.92 Å². The lowest BCUT2D eigenvalue weighted by Gasteiger charge is -2.07. The molecule has 2 N–H and O–H groups in total. The van der Waals surface area contributed by atoms with Crippen molar-refractivity contribution >= 4 is 21.7 Å². The zero-order chi connectivity index (χ0) is 12.1. The number of rotatable bonds is 6. The van der Waals surface area contributed by atoms with Crippen molar-refractivity contribution in [1.29, 1.82) is 0 Å². The summed E-state index contributed by atoms with van der Waals surface area (Å²) in [6, 6.07) is 0. The summed E-state index contributed by atoms with van der Waals surface area (Å²) < 4.78 is 21.4. The van der Waals surface area contributed by atoms with Crippen molar-refractivity contribution in [2.24, 2.45) is 5.92 Å². The monoisotopic (exact) mass is 237 g/mol. The van der Waals surface area contributed by atoms with Gasteiger partial charge in [0.2, 0.25) is 5.91 Å². The summed E-state index contributed by atoms with van der Waals surface area (Å²) in [5, 5.41) is 10.8. The fourth-order valence-corrected chi connectivity index (χ4v) is 1.48. The van der Waals surface area contributed by atoms with E-state index in [1.807, 2.05) is 0 Å². The van der Waals surface area contributed by atoms with Gasteiger partial charge < -0.3 is 10.4 Å². The van der Waals surface area contributed by atoms with E-state index in [0.29, 0.717) is 0 Å². The summed E-state index contributed by atoms with van der Waals surface area (Å²) in [5.74, 6) is -2.93. The molecule has 0 saturated heterocycles. The lowest BCUT2D eigenvalue weighted by atomic mass is 10.2. The largest absolute Gasteiger partial charge is 0.481 e. The molecular formula is C8H15NO5S. The normalized spacial score (nSPS) is 13.2. The highest BCUT2D eigenvalue weighted by molar-refractivity contribution is 7.90. The fourth-order valence-electron chi connectivity index (χ4n) is 0.811. The molecule has 0 bridgehead atoms. The summed E-state index contributed by atoms with van der Waals surface area (Å²) in [7, 11) is -3.03. The Bertz CT molecular complexity index is 335. The summed E-state index contributed by atoms with van der Waals surface area (Å²) in [5.41, 5.74) is 0. The van der Waals surface area contributed by atoms with E-state index in [2.05, 4.69) is 5.32 Å². The van der Waals surface area contributed by atoms with Crippen LogP contribution in [0.4, 0.5) is 0 Å². The van der Waals surface area contributed by atoms with Gasteiger partial charge in [-0.1, -0.05) is 0 Å². The molecule has 0 saturated carbocycles. The van der Waals surface area contributed by atoms with E-state index in [1.54, 1.807) is 0 Å². The molecule has 0 spiro atoms. The molecule has 1 atom stereocenters. The predicted octanol–water partition coefficient (Wildman–Crippen LogP) is -0.742. The number of sulfone groups is 1. The second-order valence-corrected chi connectivity index (χ2v) is 5.59. The molecule has 6 nitrogen and oxygen atoms in total. The van der Waals surface area contributed by atoms with Gasteiger partial charge in [0.05, 0.1) is 5.75 Å². The Hall–Kier alpha value is -1.11. The maximum absolute atomic E-state index is 11.1. The minimum atomic E-state index is -3.03. The van der Waals surface area contributed by atoms with Gasteiger partial charge in [-0.25, -0.2) is 8.42 Å². The van der Waals surface area contributed by atoms with E-state index in [4.69, 9.17) is 5.11 Å². The van der Waals surface area contributed by atoms with Crippen LogP contribution in [-0.4, -0.2) is 44.0 Å². The van der Waals surface area contributed by atoms with Gasteiger partial charge in [0.25, 0.3) is 0 Å². The Morgan fingerprint density at radius 2 is 1.93 bits per heavy atom. The third-order valence-electron chi connectivity index (χ3n) is 1.75. The van der Waals surface area contributed by atoms with E-state index < -0.39 is 27.6 Å². The highest BCUT2D eigenvalue weighted by Crippen LogP contribution is 1.94. The number of aliphatic carboxylic acids is 1. The van der Waals surface area contributed by atoms with Crippen LogP contribution in [-0.2, 0) is 19.4 Å². The van der Waals surface area contributed by atoms with Crippen LogP contribution in [0.2, 0.25) is 0 Å². The van der Waals surface area contributed by atoms with Crippen LogP contribution in [0.1, 0.15) is 13.3 Å². The zero-order valence-corrected chi connectivity index (χ0v) is 9.50. The first kappa shape index (κ1) is 13.9. The number of hydrogen-bond donors (Lipinski definition) is 2. The van der Waals surface area contributed by atoms with Crippen LogP contribution in [0, 0.1) is 5.92 Å². The molecule has 0 aliphatic carbocycles. The van der Waals surface area contributed by atoms with E-state index >= 15 is 0 Å². The second-order valence-electron chi connectivity index (χ2n) is 3.33. The van der Waals surface area contributed by atoms with Gasteiger partial charge in [-0.15, -0.1) is 0 Å². The molecule has 1 amide bonds. The molecule has 0 aromatic rings. The number of amides is 1. The SMILES string of the molecule is CC(C(=O)O)C(=O)NCCCS(C)(=O)=O. The lowest BCUT2D eigenvalue weighted by molar-refractivity contribution is -0.146. The summed E-state index contributed by atoms with van der Waals surface area (Å²) >= 11 is 0. The molecule has 1 unspecified atom stereocenters. The van der Waals surface area contributed by atoms with E-state index in [0.717, 1.165) is 6.26 Å². The Morgan fingerprint density at radius 1 is 1.40 bits per heavy atom. The number of carboxylic acids is 1. The standard InChI is InChI=1S/C8H15NO5S/c1-6(8(11)12)7(10)9-4-3-5-15(2,13)14/h6H,3-5H2,1-2H3,(H,9,10)(H,11,12). The molecule has 15 heavy (non-hydrogen) atoms. The van der Waals surface area contributed by atoms with Crippen molar-refractivity contribution in [2.75, 3.05) is 18.6 Å². The molecule has 7 heteroatoms. The molecule has 88 valence electrons. The second kappa shape index (κ2) is 5.69. The van der Waals surface area contributed by atoms with Crippen molar-refractivity contribution < 1.29 is 23.1 Å². The highest BCUT2D eigenvalue weighted by Gasteiger charge is 2.19. The van der Waals surface area contributed by atoms with Crippen LogP contribution in [0.25, 0.3) is 0 Å². The van der Waals surface area contributed by atoms with Crippen LogP contribution >= 0.6 is 0 Å². The quantitative estimate of drug-likeness (QED) is 0.468. The third-order valence-corrected chi connectivity index (χ3v) is 2.79. The van der Waals surface area contributed by atoms with Crippen LogP contribution < -0.4 is 5.32 Å². The average molecular weight is 237 g/mol. The van der Waals surface area contributed by atoms with Crippen molar-refractivity contribution in [3.8, 4) is 0 Å². The van der Waals surface area contributed by atoms with Crippen molar-refractivity contribution in [1.82, 2.24) is 5.32 Å². The Kier molecular flexibility index (Phi) is 5.27. The lowest BCUT2D eigenvalue weighted by Crippen LogP contribution is -2.34. The van der Waals surface area contributed by atoms with Gasteiger partial charge >= 0.3 is 5.97 Å². The van der Waals surface area contributed by atoms with Crippen molar-refractivity contribution in [3.63, 3.8) is 0 Å². The number of hydrogen-bond acceptors (Lipinski definition) is 4. The number of carboxylic acid groups (broad SMARTS) is 1. The fraction of sp³-hybridized carbons (Fsp3) is 0.750. The minimum Gasteiger partial charge on any atom is -0.481 e. The Balaban J connectivity index is 3.79. The van der Waals surface area contributed by atoms with Gasteiger partial charge in [-0.2, -0.15) is 0 Å². The van der Waals surface area contributed by atoms with Crippen molar-refractivity contribution in [2.45, 2.75) is 13.3 Å². The maximum atomic E-state index is 11.1. The predicted molar refractivity (Wildman–Crippen MR) is 54.1 cm³/mol. The highest BCUT2D eigenvalue weighted by atomic mass is 32.2. The molecule has 0 heterocycles. The van der Waals surface area contributed by atoms with Gasteiger partial charge in [-0.3, -0.25) is 9.59 Å². The first-order chi connectivity index (χ1) is 6.74. The summed E-state index contributed by atoms with van der Waals surface area (Å²) in [4.78, 5) is 21.4. The van der Waals surface area contributed by atoms with Gasteiger partial charge in [0.1, 0.15) is 15.8 Å². The first-order valence-electron chi connectivity index (χ1n) is 4.42. The molecule has 0 rings (SSSR count). The number of carbonyl (C=O) groups excluding carboxylic acids is 1. The first-order valence-corrected chi connectivity index (χ1v) is 6.48. The minimum absolute atomic E-state index is 0.0191. The summed E-state index contributed by atoms with van der Waals surface area (Å²) in [6.07, 6.45) is 1.39. The Labute approximate surface area is 88.6 Å². The third kappa shape index (κ3) is 6.89. The van der Waals surface area contributed by atoms with E-state index in [-0.39, 0.29) is 18.7 Å². The maximum Gasteiger partial charge on any atom is 0.315 e. The molecule has 0 aliphatic rings. The van der Waals surface area contributed by atoms with E-state index in [9.17, 15) is 18.0 Å². The van der Waals surface area contributed by atoms with Crippen LogP contribution in [0.3, 0.4) is 0 Å². The summed E-state index contributed by atoms with van der Waals surface area (Å²) in [6.45, 7) is 1.44. The van der Waals surface area contributed by atoms with Crippen LogP contribution in [0.5, 0.6) is 0 Å². The molecule has 0 aromatic carbocycles. The smallest absolute Gasteiger partial charge is 0.315 e. The van der Waals surface area contributed by atoms with Crippen LogP contribution in [0.15, 0.2) is 0 Å². The van der Waals surface area contributed by atoms with Crippen molar-refractivity contribution in [3.05, 3.63) is 0 Å². The molecule has 0 fully saturated rings. The van der Waals surface area contributed by atoms with Gasteiger partial charge in [0, 0.05) is 12.8 Å². The average Bonchev–Trinajstić information content (AvgIpc) is 2.09. The molecular weight excluding hydrogens is 222 g/mol. The zero-order valence-electron chi connectivity index (χ0n) is 8.69. The van der Waals surface area contributed by atoms with Gasteiger partial charge in [0.15, 0.2) is 0 Å². The molecule has 0 radical (unpaired) electrons. The van der Waals surface area contributed by atoms with Gasteiger partial charge in [-0.05, 0) is 13.3 Å². The molecule has 0 aliphatic heterocycles. The number of carbonyl (C=O) groups is 2. The molecule has 0 aromatic heterocycles. The number of nitrogens with one attached hydrogen (secondary N) is 1.